The van der Waals surface area contributed by atoms with Crippen LogP contribution in [0, 0.1) is 5.92 Å². The zero-order valence-corrected chi connectivity index (χ0v) is 10.3. The van der Waals surface area contributed by atoms with Crippen molar-refractivity contribution in [3.8, 4) is 5.75 Å². The Hall–Kier alpha value is -1.31. The van der Waals surface area contributed by atoms with Crippen molar-refractivity contribution in [2.75, 3.05) is 6.61 Å². The minimum Gasteiger partial charge on any atom is -0.494 e. The highest BCUT2D eigenvalue weighted by atomic mass is 16.5. The van der Waals surface area contributed by atoms with Crippen molar-refractivity contribution in [3.05, 3.63) is 29.8 Å². The normalized spacial score (nSPS) is 10.5. The van der Waals surface area contributed by atoms with Crippen LogP contribution in [0.5, 0.6) is 5.75 Å². The number of Topliss-reactive ketones (excluding diaryl/α,β-unsaturated/α-hetero) is 1. The molecule has 0 amide bonds. The summed E-state index contributed by atoms with van der Waals surface area (Å²) in [6.45, 7) is 6.53. The number of carbonyl (C=O) groups excluding carboxylic acids is 1. The number of ether oxygens (including phenoxy) is 1. The molecular weight excluding hydrogens is 200 g/mol. The molecule has 88 valence electrons. The summed E-state index contributed by atoms with van der Waals surface area (Å²) in [5.74, 6) is 1.34. The third-order valence-electron chi connectivity index (χ3n) is 2.51. The molecule has 1 aromatic rings. The first-order chi connectivity index (χ1) is 7.63. The Bertz CT molecular complexity index is 342. The molecule has 0 unspecified atom stereocenters. The van der Waals surface area contributed by atoms with Crippen LogP contribution in [0.1, 0.15) is 32.8 Å². The maximum Gasteiger partial charge on any atom is 0.135 e. The second kappa shape index (κ2) is 6.31. The van der Waals surface area contributed by atoms with E-state index >= 15 is 0 Å². The molecule has 0 bridgehead atoms. The second-order valence-corrected chi connectivity index (χ2v) is 4.20. The molecule has 2 nitrogen and oxygen atoms in total. The highest BCUT2D eigenvalue weighted by Crippen LogP contribution is 2.15. The molecule has 0 heterocycles. The van der Waals surface area contributed by atoms with Crippen molar-refractivity contribution in [3.63, 3.8) is 0 Å². The van der Waals surface area contributed by atoms with E-state index in [0.29, 0.717) is 18.8 Å². The molecule has 0 saturated carbocycles. The van der Waals surface area contributed by atoms with Crippen molar-refractivity contribution in [2.45, 2.75) is 33.6 Å². The number of rotatable bonds is 6. The molecule has 0 N–H and O–H groups in total. The van der Waals surface area contributed by atoms with Crippen LogP contribution in [-0.4, -0.2) is 12.4 Å². The van der Waals surface area contributed by atoms with Gasteiger partial charge in [0.2, 0.25) is 0 Å². The molecule has 16 heavy (non-hydrogen) atoms. The van der Waals surface area contributed by atoms with Crippen molar-refractivity contribution in [1.29, 1.82) is 0 Å². The van der Waals surface area contributed by atoms with Crippen LogP contribution in [0.2, 0.25) is 0 Å². The third kappa shape index (κ3) is 4.05. The lowest BCUT2D eigenvalue weighted by molar-refractivity contribution is -0.121. The molecule has 0 spiro atoms. The van der Waals surface area contributed by atoms with Crippen LogP contribution < -0.4 is 4.74 Å². The highest BCUT2D eigenvalue weighted by molar-refractivity contribution is 5.80. The first-order valence-corrected chi connectivity index (χ1v) is 5.88. The van der Waals surface area contributed by atoms with Crippen LogP contribution in [0.4, 0.5) is 0 Å². The number of aryl methyl sites for hydroxylation is 1. The number of hydrogen-bond donors (Lipinski definition) is 0. The molecular formula is C14H20O2. The van der Waals surface area contributed by atoms with Crippen molar-refractivity contribution in [1.82, 2.24) is 0 Å². The van der Waals surface area contributed by atoms with E-state index in [2.05, 4.69) is 0 Å². The van der Waals surface area contributed by atoms with Gasteiger partial charge in [0.1, 0.15) is 11.5 Å². The fourth-order valence-electron chi connectivity index (χ4n) is 1.51. The predicted molar refractivity (Wildman–Crippen MR) is 65.8 cm³/mol. The Morgan fingerprint density at radius 3 is 2.75 bits per heavy atom. The summed E-state index contributed by atoms with van der Waals surface area (Å²) in [5, 5.41) is 0. The monoisotopic (exact) mass is 220 g/mol. The van der Waals surface area contributed by atoms with Crippen molar-refractivity contribution >= 4 is 5.78 Å². The molecule has 0 saturated heterocycles. The fraction of sp³-hybridized carbons (Fsp3) is 0.500. The molecule has 0 aliphatic rings. The van der Waals surface area contributed by atoms with E-state index in [1.165, 1.54) is 5.56 Å². The van der Waals surface area contributed by atoms with Gasteiger partial charge in [0.15, 0.2) is 0 Å². The van der Waals surface area contributed by atoms with Gasteiger partial charge >= 0.3 is 0 Å². The van der Waals surface area contributed by atoms with E-state index in [-0.39, 0.29) is 5.92 Å². The van der Waals surface area contributed by atoms with Gasteiger partial charge in [-0.25, -0.2) is 0 Å². The Morgan fingerprint density at radius 2 is 2.12 bits per heavy atom. The Labute approximate surface area is 97.6 Å². The lowest BCUT2D eigenvalue weighted by atomic mass is 10.0. The van der Waals surface area contributed by atoms with Crippen LogP contribution in [0.3, 0.4) is 0 Å². The molecule has 0 aromatic heterocycles. The van der Waals surface area contributed by atoms with Crippen LogP contribution in [0.25, 0.3) is 0 Å². The topological polar surface area (TPSA) is 26.3 Å². The molecule has 2 heteroatoms. The predicted octanol–water partition coefficient (Wildman–Crippen LogP) is 3.24. The summed E-state index contributed by atoms with van der Waals surface area (Å²) >= 11 is 0. The zero-order valence-electron chi connectivity index (χ0n) is 10.3. The number of benzene rings is 1. The molecule has 0 atom stereocenters. The number of hydrogen-bond acceptors (Lipinski definition) is 2. The minimum absolute atomic E-state index is 0.134. The molecule has 0 aliphatic carbocycles. The largest absolute Gasteiger partial charge is 0.494 e. The molecule has 0 aliphatic heterocycles. The van der Waals surface area contributed by atoms with Crippen LogP contribution in [-0.2, 0) is 11.2 Å². The van der Waals surface area contributed by atoms with Gasteiger partial charge in [0.25, 0.3) is 0 Å². The summed E-state index contributed by atoms with van der Waals surface area (Å²) < 4.78 is 5.42. The molecule has 0 fully saturated rings. The zero-order chi connectivity index (χ0) is 12.0. The van der Waals surface area contributed by atoms with E-state index in [1.54, 1.807) is 0 Å². The van der Waals surface area contributed by atoms with Crippen molar-refractivity contribution in [2.24, 2.45) is 5.92 Å². The molecule has 0 radical (unpaired) electrons. The van der Waals surface area contributed by atoms with Gasteiger partial charge in [-0.15, -0.1) is 0 Å². The SMILES string of the molecule is CCOc1cccc(CCC(=O)C(C)C)c1. The van der Waals surface area contributed by atoms with E-state index in [0.717, 1.165) is 12.2 Å². The van der Waals surface area contributed by atoms with Gasteiger partial charge in [0, 0.05) is 12.3 Å². The van der Waals surface area contributed by atoms with E-state index in [9.17, 15) is 4.79 Å². The number of carbonyl (C=O) groups is 1. The maximum atomic E-state index is 11.5. The average Bonchev–Trinajstić information content (AvgIpc) is 2.26. The Balaban J connectivity index is 2.53. The van der Waals surface area contributed by atoms with Gasteiger partial charge in [0.05, 0.1) is 6.61 Å². The van der Waals surface area contributed by atoms with E-state index < -0.39 is 0 Å². The smallest absolute Gasteiger partial charge is 0.135 e. The summed E-state index contributed by atoms with van der Waals surface area (Å²) in [4.78, 5) is 11.5. The Kier molecular flexibility index (Phi) is 5.03. The van der Waals surface area contributed by atoms with Crippen molar-refractivity contribution < 1.29 is 9.53 Å². The van der Waals surface area contributed by atoms with Gasteiger partial charge in [-0.05, 0) is 31.0 Å². The highest BCUT2D eigenvalue weighted by Gasteiger charge is 2.07. The lowest BCUT2D eigenvalue weighted by Gasteiger charge is -2.07. The first-order valence-electron chi connectivity index (χ1n) is 5.88. The molecule has 1 rings (SSSR count). The fourth-order valence-corrected chi connectivity index (χ4v) is 1.51. The summed E-state index contributed by atoms with van der Waals surface area (Å²) in [6, 6.07) is 7.96. The summed E-state index contributed by atoms with van der Waals surface area (Å²) in [5.41, 5.74) is 1.17. The van der Waals surface area contributed by atoms with Gasteiger partial charge in [-0.1, -0.05) is 26.0 Å². The maximum absolute atomic E-state index is 11.5. The lowest BCUT2D eigenvalue weighted by Crippen LogP contribution is -2.07. The summed E-state index contributed by atoms with van der Waals surface area (Å²) in [6.07, 6.45) is 1.42. The van der Waals surface area contributed by atoms with E-state index in [4.69, 9.17) is 4.74 Å². The van der Waals surface area contributed by atoms with Gasteiger partial charge < -0.3 is 4.74 Å². The quantitative estimate of drug-likeness (QED) is 0.735. The Morgan fingerprint density at radius 1 is 1.38 bits per heavy atom. The standard InChI is InChI=1S/C14H20O2/c1-4-16-13-7-5-6-12(10-13)8-9-14(15)11(2)3/h5-7,10-11H,4,8-9H2,1-3H3. The first kappa shape index (κ1) is 12.8. The second-order valence-electron chi connectivity index (χ2n) is 4.20. The minimum atomic E-state index is 0.134. The molecule has 1 aromatic carbocycles. The average molecular weight is 220 g/mol. The third-order valence-corrected chi connectivity index (χ3v) is 2.51. The van der Waals surface area contributed by atoms with Gasteiger partial charge in [-0.3, -0.25) is 4.79 Å². The number of ketones is 1. The van der Waals surface area contributed by atoms with E-state index in [1.807, 2.05) is 45.0 Å². The van der Waals surface area contributed by atoms with Gasteiger partial charge in [-0.2, -0.15) is 0 Å². The van der Waals surface area contributed by atoms with Crippen LogP contribution in [0.15, 0.2) is 24.3 Å². The van der Waals surface area contributed by atoms with Crippen LogP contribution >= 0.6 is 0 Å². The summed E-state index contributed by atoms with van der Waals surface area (Å²) in [7, 11) is 0.